The first-order valence-electron chi connectivity index (χ1n) is 11.3. The minimum atomic E-state index is -0.791. The molecule has 5 aliphatic rings. The van der Waals surface area contributed by atoms with Gasteiger partial charge in [-0.25, -0.2) is 14.5 Å². The van der Waals surface area contributed by atoms with Crippen LogP contribution in [0.15, 0.2) is 30.5 Å². The van der Waals surface area contributed by atoms with Crippen LogP contribution in [0.2, 0.25) is 5.02 Å². The van der Waals surface area contributed by atoms with E-state index in [0.29, 0.717) is 16.9 Å². The van der Waals surface area contributed by atoms with E-state index in [9.17, 15) is 0 Å². The molecule has 31 heavy (non-hydrogen) atoms. The van der Waals surface area contributed by atoms with Crippen molar-refractivity contribution in [1.29, 1.82) is 0 Å². The van der Waals surface area contributed by atoms with Gasteiger partial charge in [-0.3, -0.25) is 0 Å². The number of hydrogen-bond acceptors (Lipinski definition) is 6. The van der Waals surface area contributed by atoms with E-state index in [-0.39, 0.29) is 18.1 Å². The van der Waals surface area contributed by atoms with Crippen LogP contribution in [-0.2, 0) is 19.2 Å². The van der Waals surface area contributed by atoms with Gasteiger partial charge in [0.2, 0.25) is 5.79 Å². The average Bonchev–Trinajstić information content (AvgIpc) is 3.12. The molecule has 5 fully saturated rings. The highest BCUT2D eigenvalue weighted by molar-refractivity contribution is 6.30. The minimum Gasteiger partial charge on any atom is -0.324 e. The molecule has 0 radical (unpaired) electrons. The van der Waals surface area contributed by atoms with Crippen molar-refractivity contribution < 1.29 is 19.2 Å². The SMILES string of the molecule is C[C@H]1[C@H](n2nncc2-c2cccc(Cl)c2)O[C@@H]2O[C@]3(C)CC[C@H]4[C@H](C)CC[C@@H]1[C@@]24OO3. The summed E-state index contributed by atoms with van der Waals surface area (Å²) in [5.74, 6) is 0.456. The Morgan fingerprint density at radius 1 is 1.13 bits per heavy atom. The highest BCUT2D eigenvalue weighted by atomic mass is 35.5. The van der Waals surface area contributed by atoms with Crippen LogP contribution >= 0.6 is 11.6 Å². The Hall–Kier alpha value is -1.51. The summed E-state index contributed by atoms with van der Waals surface area (Å²) in [4.78, 5) is 12.2. The Balaban J connectivity index is 1.43. The minimum absolute atomic E-state index is 0.139. The molecular weight excluding hydrogens is 418 g/mol. The number of fused-ring (bicyclic) bond motifs is 2. The molecule has 8 atom stereocenters. The van der Waals surface area contributed by atoms with Gasteiger partial charge in [0.05, 0.1) is 11.9 Å². The summed E-state index contributed by atoms with van der Waals surface area (Å²) in [6.45, 7) is 6.49. The van der Waals surface area contributed by atoms with Crippen molar-refractivity contribution >= 4 is 11.6 Å². The van der Waals surface area contributed by atoms with E-state index in [0.717, 1.165) is 30.5 Å². The Bertz CT molecular complexity index is 1000. The highest BCUT2D eigenvalue weighted by Gasteiger charge is 2.69. The van der Waals surface area contributed by atoms with Crippen molar-refractivity contribution in [2.75, 3.05) is 0 Å². The number of benzene rings is 1. The molecule has 166 valence electrons. The van der Waals surface area contributed by atoms with Crippen molar-refractivity contribution in [2.24, 2.45) is 23.7 Å². The lowest BCUT2D eigenvalue weighted by Gasteiger charge is -2.60. The summed E-state index contributed by atoms with van der Waals surface area (Å²) in [6, 6.07) is 7.73. The van der Waals surface area contributed by atoms with Gasteiger partial charge in [0.15, 0.2) is 18.1 Å². The largest absolute Gasteiger partial charge is 0.324 e. The van der Waals surface area contributed by atoms with Gasteiger partial charge in [0, 0.05) is 28.8 Å². The topological polar surface area (TPSA) is 67.6 Å². The highest BCUT2D eigenvalue weighted by Crippen LogP contribution is 2.61. The van der Waals surface area contributed by atoms with E-state index in [1.807, 2.05) is 35.9 Å². The Labute approximate surface area is 186 Å². The Morgan fingerprint density at radius 2 is 2.00 bits per heavy atom. The lowest BCUT2D eigenvalue weighted by molar-refractivity contribution is -0.574. The van der Waals surface area contributed by atoms with Crippen LogP contribution in [0.4, 0.5) is 0 Å². The first-order valence-corrected chi connectivity index (χ1v) is 11.7. The van der Waals surface area contributed by atoms with Gasteiger partial charge in [0.25, 0.3) is 0 Å². The molecule has 5 heterocycles. The Kier molecular flexibility index (Phi) is 4.54. The summed E-state index contributed by atoms with van der Waals surface area (Å²) in [7, 11) is 0. The molecule has 4 aliphatic heterocycles. The third-order valence-corrected chi connectivity index (χ3v) is 8.29. The molecule has 2 aromatic rings. The van der Waals surface area contributed by atoms with E-state index < -0.39 is 17.7 Å². The molecule has 2 bridgehead atoms. The molecule has 1 aromatic heterocycles. The van der Waals surface area contributed by atoms with Crippen LogP contribution in [0, 0.1) is 23.7 Å². The summed E-state index contributed by atoms with van der Waals surface area (Å²) in [6.07, 6.45) is 4.95. The van der Waals surface area contributed by atoms with Crippen molar-refractivity contribution in [3.05, 3.63) is 35.5 Å². The number of rotatable bonds is 2. The lowest BCUT2D eigenvalue weighted by atomic mass is 9.58. The van der Waals surface area contributed by atoms with Crippen molar-refractivity contribution in [3.8, 4) is 11.3 Å². The van der Waals surface area contributed by atoms with Crippen LogP contribution < -0.4 is 0 Å². The van der Waals surface area contributed by atoms with E-state index in [1.165, 1.54) is 6.42 Å². The summed E-state index contributed by atoms with van der Waals surface area (Å²) >= 11 is 6.25. The van der Waals surface area contributed by atoms with Gasteiger partial charge in [-0.1, -0.05) is 42.8 Å². The van der Waals surface area contributed by atoms with Crippen LogP contribution in [0.1, 0.15) is 52.7 Å². The maximum Gasteiger partial charge on any atom is 0.201 e. The fourth-order valence-electron chi connectivity index (χ4n) is 6.45. The van der Waals surface area contributed by atoms with Gasteiger partial charge >= 0.3 is 0 Å². The number of aromatic nitrogens is 3. The van der Waals surface area contributed by atoms with E-state index in [1.54, 1.807) is 6.20 Å². The van der Waals surface area contributed by atoms with E-state index >= 15 is 0 Å². The molecule has 7 rings (SSSR count). The standard InChI is InChI=1S/C23H28ClN3O4/c1-13-7-8-18-14(2)20(27-19(12-25-26-27)15-5-4-6-16(24)11-15)28-21-23(18)17(13)9-10-22(3,29-21)30-31-23/h4-6,11-14,17-18,20-21H,7-10H2,1-3H3/t13-,14-,17+,18+,20-,21-,22+,23-/m1/s1. The zero-order valence-corrected chi connectivity index (χ0v) is 18.8. The molecule has 1 aliphatic carbocycles. The summed E-state index contributed by atoms with van der Waals surface area (Å²) < 4.78 is 15.0. The van der Waals surface area contributed by atoms with Crippen molar-refractivity contribution in [2.45, 2.75) is 70.4 Å². The molecule has 1 spiro atoms. The van der Waals surface area contributed by atoms with Gasteiger partial charge in [-0.15, -0.1) is 5.10 Å². The monoisotopic (exact) mass is 445 g/mol. The smallest absolute Gasteiger partial charge is 0.201 e. The second kappa shape index (κ2) is 6.99. The molecular formula is C23H28ClN3O4. The van der Waals surface area contributed by atoms with Crippen LogP contribution in [-0.4, -0.2) is 32.7 Å². The molecule has 0 N–H and O–H groups in total. The second-order valence-electron chi connectivity index (χ2n) is 9.87. The van der Waals surface area contributed by atoms with Gasteiger partial charge in [-0.2, -0.15) is 0 Å². The third-order valence-electron chi connectivity index (χ3n) is 8.06. The predicted molar refractivity (Wildman–Crippen MR) is 113 cm³/mol. The molecule has 1 aromatic carbocycles. The first kappa shape index (κ1) is 20.1. The maximum atomic E-state index is 6.69. The quantitative estimate of drug-likeness (QED) is 0.607. The molecule has 0 unspecified atom stereocenters. The molecule has 1 saturated carbocycles. The lowest BCUT2D eigenvalue weighted by Crippen LogP contribution is -2.69. The maximum absolute atomic E-state index is 6.69. The Morgan fingerprint density at radius 3 is 2.84 bits per heavy atom. The molecule has 7 nitrogen and oxygen atoms in total. The fraction of sp³-hybridized carbons (Fsp3) is 0.652. The number of ether oxygens (including phenoxy) is 2. The molecule has 8 heteroatoms. The normalized spacial score (nSPS) is 44.0. The van der Waals surface area contributed by atoms with Crippen LogP contribution in [0.25, 0.3) is 11.3 Å². The van der Waals surface area contributed by atoms with Crippen LogP contribution in [0.5, 0.6) is 0 Å². The van der Waals surface area contributed by atoms with Crippen LogP contribution in [0.3, 0.4) is 0 Å². The molecule has 4 saturated heterocycles. The predicted octanol–water partition coefficient (Wildman–Crippen LogP) is 4.98. The summed E-state index contributed by atoms with van der Waals surface area (Å²) in [5, 5.41) is 9.31. The van der Waals surface area contributed by atoms with Gasteiger partial charge in [0.1, 0.15) is 0 Å². The fourth-order valence-corrected chi connectivity index (χ4v) is 6.64. The van der Waals surface area contributed by atoms with Crippen molar-refractivity contribution in [1.82, 2.24) is 15.0 Å². The number of halogens is 1. The molecule has 0 amide bonds. The van der Waals surface area contributed by atoms with Crippen molar-refractivity contribution in [3.63, 3.8) is 0 Å². The third kappa shape index (κ3) is 2.87. The van der Waals surface area contributed by atoms with E-state index in [2.05, 4.69) is 24.2 Å². The van der Waals surface area contributed by atoms with Gasteiger partial charge in [-0.05, 0) is 50.2 Å². The first-order chi connectivity index (χ1) is 14.9. The average molecular weight is 446 g/mol. The summed E-state index contributed by atoms with van der Waals surface area (Å²) in [5.41, 5.74) is 1.25. The zero-order chi connectivity index (χ0) is 21.4. The second-order valence-corrected chi connectivity index (χ2v) is 10.3. The van der Waals surface area contributed by atoms with E-state index in [4.69, 9.17) is 30.8 Å². The van der Waals surface area contributed by atoms with Gasteiger partial charge < -0.3 is 9.47 Å². The number of hydrogen-bond donors (Lipinski definition) is 0. The number of nitrogens with zero attached hydrogens (tertiary/aromatic N) is 3. The zero-order valence-electron chi connectivity index (χ0n) is 18.0.